The van der Waals surface area contributed by atoms with Gasteiger partial charge in [0.25, 0.3) is 0 Å². The summed E-state index contributed by atoms with van der Waals surface area (Å²) in [6, 6.07) is 8.60. The Morgan fingerprint density at radius 2 is 1.90 bits per heavy atom. The second-order valence-electron chi connectivity index (χ2n) is 1.75. The van der Waals surface area contributed by atoms with E-state index in [9.17, 15) is 4.48 Å². The Labute approximate surface area is 64.0 Å². The van der Waals surface area contributed by atoms with Gasteiger partial charge in [0.1, 0.15) is 5.49 Å². The van der Waals surface area contributed by atoms with Crippen molar-refractivity contribution in [2.75, 3.05) is 5.12 Å². The summed E-state index contributed by atoms with van der Waals surface area (Å²) >= 11 is 4.38. The third-order valence-corrected chi connectivity index (χ3v) is 1.28. The molecular formula is C7H6FNS. The van der Waals surface area contributed by atoms with Gasteiger partial charge in [-0.2, -0.15) is 5.12 Å². The molecule has 0 aliphatic rings. The zero-order valence-corrected chi connectivity index (χ0v) is 6.01. The van der Waals surface area contributed by atoms with Crippen molar-refractivity contribution in [1.29, 1.82) is 0 Å². The Morgan fingerprint density at radius 1 is 1.30 bits per heavy atom. The quantitative estimate of drug-likeness (QED) is 0.476. The van der Waals surface area contributed by atoms with Crippen molar-refractivity contribution in [1.82, 2.24) is 0 Å². The number of para-hydroxylation sites is 1. The molecule has 52 valence electrons. The van der Waals surface area contributed by atoms with Gasteiger partial charge >= 0.3 is 0 Å². The first-order valence-electron chi connectivity index (χ1n) is 2.80. The maximum atomic E-state index is 12.5. The highest BCUT2D eigenvalue weighted by atomic mass is 32.1. The smallest absolute Gasteiger partial charge is 0.101 e. The van der Waals surface area contributed by atoms with Gasteiger partial charge in [-0.3, -0.25) is 0 Å². The lowest BCUT2D eigenvalue weighted by Crippen LogP contribution is -2.05. The van der Waals surface area contributed by atoms with Crippen LogP contribution >= 0.6 is 12.2 Å². The van der Waals surface area contributed by atoms with Crippen LogP contribution < -0.4 is 5.12 Å². The van der Waals surface area contributed by atoms with E-state index < -0.39 is 0 Å². The maximum Gasteiger partial charge on any atom is 0.101 e. The largest absolute Gasteiger partial charge is 0.176 e. The summed E-state index contributed by atoms with van der Waals surface area (Å²) in [5, 5.41) is 0.398. The molecule has 0 saturated heterocycles. The second-order valence-corrected chi connectivity index (χ2v) is 1.96. The summed E-state index contributed by atoms with van der Waals surface area (Å²) in [7, 11) is 0. The van der Waals surface area contributed by atoms with Crippen LogP contribution in [0.25, 0.3) is 0 Å². The molecule has 0 aliphatic heterocycles. The van der Waals surface area contributed by atoms with Crippen LogP contribution in [0.5, 0.6) is 0 Å². The number of halogens is 1. The van der Waals surface area contributed by atoms with Gasteiger partial charge in [0.05, 0.1) is 5.69 Å². The van der Waals surface area contributed by atoms with Crippen LogP contribution in [0.15, 0.2) is 30.3 Å². The third kappa shape index (κ3) is 1.51. The van der Waals surface area contributed by atoms with Crippen molar-refractivity contribution in [2.24, 2.45) is 0 Å². The predicted molar refractivity (Wildman–Crippen MR) is 43.7 cm³/mol. The summed E-state index contributed by atoms with van der Waals surface area (Å²) < 4.78 is 12.5. The minimum atomic E-state index is 0.398. The first-order chi connectivity index (χ1) is 4.84. The molecule has 1 nitrogen and oxygen atoms in total. The van der Waals surface area contributed by atoms with Gasteiger partial charge < -0.3 is 0 Å². The second kappa shape index (κ2) is 3.27. The lowest BCUT2D eigenvalue weighted by atomic mass is 10.3. The molecule has 1 rings (SSSR count). The standard InChI is InChI=1S/C7H6FNS/c8-9(6-10)7-4-2-1-3-5-7/h1-6H. The van der Waals surface area contributed by atoms with Crippen LogP contribution in [0.1, 0.15) is 0 Å². The molecule has 0 aromatic heterocycles. The molecule has 0 radical (unpaired) electrons. The van der Waals surface area contributed by atoms with E-state index >= 15 is 0 Å². The Morgan fingerprint density at radius 3 is 2.40 bits per heavy atom. The fraction of sp³-hybridized carbons (Fsp3) is 0. The Balaban J connectivity index is 2.84. The predicted octanol–water partition coefficient (Wildman–Crippen LogP) is 2.33. The number of hydrogen-bond donors (Lipinski definition) is 0. The van der Waals surface area contributed by atoms with Crippen molar-refractivity contribution >= 4 is 23.4 Å². The molecular weight excluding hydrogens is 149 g/mol. The fourth-order valence-corrected chi connectivity index (χ4v) is 0.753. The highest BCUT2D eigenvalue weighted by Gasteiger charge is 1.96. The molecule has 0 atom stereocenters. The lowest BCUT2D eigenvalue weighted by Gasteiger charge is -2.04. The van der Waals surface area contributed by atoms with Crippen LogP contribution in [0.3, 0.4) is 0 Å². The van der Waals surface area contributed by atoms with E-state index in [1.165, 1.54) is 0 Å². The van der Waals surface area contributed by atoms with Gasteiger partial charge in [-0.05, 0) is 12.1 Å². The minimum Gasteiger partial charge on any atom is -0.176 e. The maximum absolute atomic E-state index is 12.5. The van der Waals surface area contributed by atoms with Crippen molar-refractivity contribution in [3.8, 4) is 0 Å². The molecule has 0 unspecified atom stereocenters. The molecule has 0 bridgehead atoms. The average molecular weight is 155 g/mol. The highest BCUT2D eigenvalue weighted by Crippen LogP contribution is 2.10. The molecule has 0 spiro atoms. The van der Waals surface area contributed by atoms with Crippen LogP contribution in [0.2, 0.25) is 0 Å². The first-order valence-corrected chi connectivity index (χ1v) is 3.27. The minimum absolute atomic E-state index is 0.398. The van der Waals surface area contributed by atoms with Crippen molar-refractivity contribution in [3.63, 3.8) is 0 Å². The molecule has 1 aromatic rings. The molecule has 0 amide bonds. The first kappa shape index (κ1) is 7.15. The van der Waals surface area contributed by atoms with Gasteiger partial charge in [-0.15, -0.1) is 0 Å². The van der Waals surface area contributed by atoms with E-state index in [0.29, 0.717) is 10.8 Å². The highest BCUT2D eigenvalue weighted by molar-refractivity contribution is 7.79. The molecule has 3 heteroatoms. The molecule has 1 aromatic carbocycles. The molecule has 0 aliphatic carbocycles. The molecule has 0 N–H and O–H groups in total. The van der Waals surface area contributed by atoms with Crippen LogP contribution in [0, 0.1) is 0 Å². The Kier molecular flexibility index (Phi) is 2.34. The number of benzene rings is 1. The van der Waals surface area contributed by atoms with Gasteiger partial charge in [0.2, 0.25) is 0 Å². The molecule has 10 heavy (non-hydrogen) atoms. The number of thiocarbonyl (C=S) groups is 1. The van der Waals surface area contributed by atoms with E-state index in [0.717, 1.165) is 5.49 Å². The van der Waals surface area contributed by atoms with Crippen molar-refractivity contribution in [2.45, 2.75) is 0 Å². The van der Waals surface area contributed by atoms with Gasteiger partial charge in [-0.25, -0.2) is 0 Å². The van der Waals surface area contributed by atoms with E-state index in [-0.39, 0.29) is 0 Å². The number of anilines is 1. The molecule has 0 fully saturated rings. The van der Waals surface area contributed by atoms with Gasteiger partial charge in [-0.1, -0.05) is 34.9 Å². The fourth-order valence-electron chi connectivity index (χ4n) is 0.631. The normalized spacial score (nSPS) is 8.90. The number of nitrogens with zero attached hydrogens (tertiary/aromatic N) is 1. The van der Waals surface area contributed by atoms with E-state index in [2.05, 4.69) is 12.2 Å². The zero-order valence-electron chi connectivity index (χ0n) is 5.20. The zero-order chi connectivity index (χ0) is 7.40. The summed E-state index contributed by atoms with van der Waals surface area (Å²) in [4.78, 5) is 0. The lowest BCUT2D eigenvalue weighted by molar-refractivity contribution is 0.530. The van der Waals surface area contributed by atoms with E-state index in [1.807, 2.05) is 6.07 Å². The topological polar surface area (TPSA) is 3.24 Å². The van der Waals surface area contributed by atoms with E-state index in [1.54, 1.807) is 24.3 Å². The monoisotopic (exact) mass is 155 g/mol. The van der Waals surface area contributed by atoms with Crippen molar-refractivity contribution in [3.05, 3.63) is 30.3 Å². The van der Waals surface area contributed by atoms with Gasteiger partial charge in [0, 0.05) is 0 Å². The number of hydrogen-bond acceptors (Lipinski definition) is 1. The summed E-state index contributed by atoms with van der Waals surface area (Å²) in [6.45, 7) is 0. The number of rotatable bonds is 2. The van der Waals surface area contributed by atoms with Crippen molar-refractivity contribution < 1.29 is 4.48 Å². The Bertz CT molecular complexity index is 212. The van der Waals surface area contributed by atoms with Crippen LogP contribution in [-0.2, 0) is 0 Å². The van der Waals surface area contributed by atoms with Gasteiger partial charge in [0.15, 0.2) is 0 Å². The third-order valence-electron chi connectivity index (χ3n) is 1.10. The average Bonchev–Trinajstić information content (AvgIpc) is 2.05. The SMILES string of the molecule is FN(C=S)c1ccccc1. The molecule has 0 heterocycles. The molecule has 0 saturated carbocycles. The summed E-state index contributed by atoms with van der Waals surface area (Å²) in [5.74, 6) is 0. The summed E-state index contributed by atoms with van der Waals surface area (Å²) in [5.41, 5.74) is 1.41. The van der Waals surface area contributed by atoms with Crippen LogP contribution in [-0.4, -0.2) is 5.49 Å². The van der Waals surface area contributed by atoms with E-state index in [4.69, 9.17) is 0 Å². The summed E-state index contributed by atoms with van der Waals surface area (Å²) in [6.07, 6.45) is 0. The van der Waals surface area contributed by atoms with Crippen LogP contribution in [0.4, 0.5) is 10.2 Å². The Hall–Kier alpha value is -0.960.